The van der Waals surface area contributed by atoms with Crippen LogP contribution in [0.4, 0.5) is 0 Å². The molecular formula is C10H8ClNO2. The first-order chi connectivity index (χ1) is 6.66. The molecule has 0 saturated heterocycles. The third kappa shape index (κ3) is 1.59. The molecular weight excluding hydrogens is 202 g/mol. The lowest BCUT2D eigenvalue weighted by atomic mass is 10.2. The van der Waals surface area contributed by atoms with Gasteiger partial charge in [0.05, 0.1) is 5.52 Å². The van der Waals surface area contributed by atoms with Crippen molar-refractivity contribution in [1.82, 2.24) is 4.98 Å². The summed E-state index contributed by atoms with van der Waals surface area (Å²) in [5.74, 6) is 0.199. The van der Waals surface area contributed by atoms with E-state index in [-0.39, 0.29) is 5.97 Å². The molecule has 4 heteroatoms. The van der Waals surface area contributed by atoms with E-state index in [9.17, 15) is 4.79 Å². The van der Waals surface area contributed by atoms with Gasteiger partial charge in [-0.25, -0.2) is 0 Å². The number of H-pyrrole nitrogens is 1. The van der Waals surface area contributed by atoms with Gasteiger partial charge in [-0.2, -0.15) is 0 Å². The van der Waals surface area contributed by atoms with Crippen molar-refractivity contribution in [3.63, 3.8) is 0 Å². The van der Waals surface area contributed by atoms with Crippen molar-refractivity contribution in [2.75, 3.05) is 0 Å². The van der Waals surface area contributed by atoms with Gasteiger partial charge in [-0.1, -0.05) is 11.6 Å². The summed E-state index contributed by atoms with van der Waals surface area (Å²) >= 11 is 5.81. The molecule has 1 aromatic heterocycles. The molecule has 1 aromatic carbocycles. The number of hydrogen-bond donors (Lipinski definition) is 1. The minimum atomic E-state index is -0.333. The molecule has 0 unspecified atom stereocenters. The number of esters is 1. The highest BCUT2D eigenvalue weighted by Crippen LogP contribution is 2.27. The molecule has 0 aliphatic rings. The Labute approximate surface area is 85.6 Å². The van der Waals surface area contributed by atoms with Gasteiger partial charge in [0.1, 0.15) is 0 Å². The number of nitrogens with one attached hydrogen (secondary N) is 1. The summed E-state index contributed by atoms with van der Waals surface area (Å²) in [7, 11) is 0. The van der Waals surface area contributed by atoms with Gasteiger partial charge in [0.2, 0.25) is 0 Å². The molecule has 2 aromatic rings. The summed E-state index contributed by atoms with van der Waals surface area (Å²) in [6.45, 7) is 1.37. The lowest BCUT2D eigenvalue weighted by molar-refractivity contribution is -0.131. The zero-order chi connectivity index (χ0) is 10.1. The molecule has 0 amide bonds. The summed E-state index contributed by atoms with van der Waals surface area (Å²) in [5, 5.41) is 1.50. The van der Waals surface area contributed by atoms with Crippen LogP contribution in [0.3, 0.4) is 0 Å². The van der Waals surface area contributed by atoms with E-state index in [1.54, 1.807) is 18.3 Å². The second-order valence-electron chi connectivity index (χ2n) is 2.94. The number of fused-ring (bicyclic) bond motifs is 1. The number of hydrogen-bond acceptors (Lipinski definition) is 2. The molecule has 14 heavy (non-hydrogen) atoms. The van der Waals surface area contributed by atoms with E-state index in [1.165, 1.54) is 6.92 Å². The first-order valence-corrected chi connectivity index (χ1v) is 4.49. The van der Waals surface area contributed by atoms with Crippen molar-refractivity contribution in [1.29, 1.82) is 0 Å². The third-order valence-corrected chi connectivity index (χ3v) is 2.09. The zero-order valence-electron chi connectivity index (χ0n) is 7.50. The molecule has 0 spiro atoms. The highest BCUT2D eigenvalue weighted by molar-refractivity contribution is 6.31. The number of carbonyl (C=O) groups excluding carboxylic acids is 1. The molecule has 0 aliphatic heterocycles. The Morgan fingerprint density at radius 3 is 3.00 bits per heavy atom. The lowest BCUT2D eigenvalue weighted by Gasteiger charge is -1.97. The molecule has 2 rings (SSSR count). The van der Waals surface area contributed by atoms with Gasteiger partial charge < -0.3 is 9.72 Å². The summed E-state index contributed by atoms with van der Waals surface area (Å²) in [6, 6.07) is 5.35. The second-order valence-corrected chi connectivity index (χ2v) is 3.37. The van der Waals surface area contributed by atoms with E-state index in [1.807, 2.05) is 6.07 Å². The van der Waals surface area contributed by atoms with E-state index >= 15 is 0 Å². The van der Waals surface area contributed by atoms with Crippen LogP contribution in [0.15, 0.2) is 24.4 Å². The summed E-state index contributed by atoms with van der Waals surface area (Å²) in [6.07, 6.45) is 1.64. The van der Waals surface area contributed by atoms with Crippen LogP contribution in [0, 0.1) is 0 Å². The maximum atomic E-state index is 10.8. The van der Waals surface area contributed by atoms with Crippen molar-refractivity contribution in [3.8, 4) is 5.75 Å². The van der Waals surface area contributed by atoms with E-state index in [0.29, 0.717) is 10.8 Å². The molecule has 1 N–H and O–H groups in total. The molecule has 0 fully saturated rings. The van der Waals surface area contributed by atoms with E-state index < -0.39 is 0 Å². The molecule has 0 saturated carbocycles. The maximum absolute atomic E-state index is 10.8. The average Bonchev–Trinajstić information content (AvgIpc) is 2.47. The van der Waals surface area contributed by atoms with Crippen molar-refractivity contribution >= 4 is 28.5 Å². The van der Waals surface area contributed by atoms with Gasteiger partial charge in [-0.15, -0.1) is 0 Å². The number of carbonyl (C=O) groups is 1. The average molecular weight is 210 g/mol. The van der Waals surface area contributed by atoms with Crippen LogP contribution in [0.2, 0.25) is 5.02 Å². The molecule has 0 bridgehead atoms. The predicted molar refractivity (Wildman–Crippen MR) is 54.6 cm³/mol. The quantitative estimate of drug-likeness (QED) is 0.734. The summed E-state index contributed by atoms with van der Waals surface area (Å²) in [4.78, 5) is 13.7. The molecule has 72 valence electrons. The number of aromatic amines is 1. The fourth-order valence-electron chi connectivity index (χ4n) is 1.31. The molecule has 0 radical (unpaired) electrons. The minimum Gasteiger partial charge on any atom is -0.424 e. The van der Waals surface area contributed by atoms with Crippen molar-refractivity contribution < 1.29 is 9.53 Å². The van der Waals surface area contributed by atoms with Gasteiger partial charge in [0.25, 0.3) is 0 Å². The van der Waals surface area contributed by atoms with E-state index in [4.69, 9.17) is 16.3 Å². The first kappa shape index (κ1) is 9.09. The standard InChI is InChI=1S/C10H8ClNO2/c1-6(13)14-10-5-12-9-4-7(11)2-3-8(9)10/h2-5,12H,1H3. The van der Waals surface area contributed by atoms with Gasteiger partial charge in [0.15, 0.2) is 5.75 Å². The predicted octanol–water partition coefficient (Wildman–Crippen LogP) is 2.75. The molecule has 0 aliphatic carbocycles. The molecule has 3 nitrogen and oxygen atoms in total. The van der Waals surface area contributed by atoms with Crippen LogP contribution >= 0.6 is 11.6 Å². The number of halogens is 1. The van der Waals surface area contributed by atoms with Gasteiger partial charge in [-0.3, -0.25) is 4.79 Å². The molecule has 0 atom stereocenters. The van der Waals surface area contributed by atoms with Crippen LogP contribution in [-0.2, 0) is 4.79 Å². The monoisotopic (exact) mass is 209 g/mol. The first-order valence-electron chi connectivity index (χ1n) is 4.12. The Balaban J connectivity index is 2.52. The number of aromatic nitrogens is 1. The summed E-state index contributed by atoms with van der Waals surface area (Å²) in [5.41, 5.74) is 0.855. The van der Waals surface area contributed by atoms with Gasteiger partial charge in [0, 0.05) is 23.5 Å². The van der Waals surface area contributed by atoms with E-state index in [2.05, 4.69) is 4.98 Å². The topological polar surface area (TPSA) is 42.1 Å². The number of ether oxygens (including phenoxy) is 1. The Kier molecular flexibility index (Phi) is 2.17. The largest absolute Gasteiger partial charge is 0.424 e. The maximum Gasteiger partial charge on any atom is 0.308 e. The fourth-order valence-corrected chi connectivity index (χ4v) is 1.48. The lowest BCUT2D eigenvalue weighted by Crippen LogP contribution is -2.00. The highest BCUT2D eigenvalue weighted by Gasteiger charge is 2.06. The summed E-state index contributed by atoms with van der Waals surface area (Å²) < 4.78 is 4.99. The normalized spacial score (nSPS) is 10.4. The smallest absolute Gasteiger partial charge is 0.308 e. The number of benzene rings is 1. The van der Waals surface area contributed by atoms with Crippen molar-refractivity contribution in [3.05, 3.63) is 29.4 Å². The number of rotatable bonds is 1. The highest BCUT2D eigenvalue weighted by atomic mass is 35.5. The van der Waals surface area contributed by atoms with Crippen molar-refractivity contribution in [2.45, 2.75) is 6.92 Å². The second kappa shape index (κ2) is 3.35. The SMILES string of the molecule is CC(=O)Oc1c[nH]c2cc(Cl)ccc12. The Bertz CT molecular complexity index is 490. The van der Waals surface area contributed by atoms with Crippen LogP contribution in [-0.4, -0.2) is 11.0 Å². The van der Waals surface area contributed by atoms with Gasteiger partial charge >= 0.3 is 5.97 Å². The zero-order valence-corrected chi connectivity index (χ0v) is 8.26. The van der Waals surface area contributed by atoms with Gasteiger partial charge in [-0.05, 0) is 18.2 Å². The third-order valence-electron chi connectivity index (χ3n) is 1.86. The van der Waals surface area contributed by atoms with Crippen molar-refractivity contribution in [2.24, 2.45) is 0 Å². The minimum absolute atomic E-state index is 0.333. The fraction of sp³-hybridized carbons (Fsp3) is 0.100. The van der Waals surface area contributed by atoms with Crippen LogP contribution in [0.25, 0.3) is 10.9 Å². The van der Waals surface area contributed by atoms with Crippen LogP contribution in [0.5, 0.6) is 5.75 Å². The Hall–Kier alpha value is -1.48. The Morgan fingerprint density at radius 2 is 2.29 bits per heavy atom. The van der Waals surface area contributed by atoms with Crippen LogP contribution in [0.1, 0.15) is 6.92 Å². The van der Waals surface area contributed by atoms with E-state index in [0.717, 1.165) is 10.9 Å². The Morgan fingerprint density at radius 1 is 1.50 bits per heavy atom. The molecule has 1 heterocycles. The van der Waals surface area contributed by atoms with Crippen LogP contribution < -0.4 is 4.74 Å².